The highest BCUT2D eigenvalue weighted by atomic mass is 16.5. The molecule has 0 fully saturated rings. The van der Waals surface area contributed by atoms with E-state index in [1.807, 2.05) is 0 Å². The molecule has 0 saturated carbocycles. The van der Waals surface area contributed by atoms with Gasteiger partial charge >= 0.3 is 5.97 Å². The molecule has 4 nitrogen and oxygen atoms in total. The second-order valence-corrected chi connectivity index (χ2v) is 3.16. The van der Waals surface area contributed by atoms with Gasteiger partial charge in [-0.3, -0.25) is 9.59 Å². The minimum absolute atomic E-state index is 0.232. The van der Waals surface area contributed by atoms with Gasteiger partial charge in [-0.15, -0.1) is 0 Å². The average Bonchev–Trinajstić information content (AvgIpc) is 2.16. The van der Waals surface area contributed by atoms with Crippen LogP contribution in [0.3, 0.4) is 0 Å². The highest BCUT2D eigenvalue weighted by Gasteiger charge is 2.17. The molecular weight excluding hydrogens is 182 g/mol. The van der Waals surface area contributed by atoms with Gasteiger partial charge in [-0.25, -0.2) is 0 Å². The Hall–Kier alpha value is -1.84. The molecule has 72 valence electrons. The number of fused-ring (bicyclic) bond motifs is 1. The Labute approximate surface area is 80.7 Å². The molecule has 2 N–H and O–H groups in total. The Morgan fingerprint density at radius 3 is 2.86 bits per heavy atom. The van der Waals surface area contributed by atoms with Crippen LogP contribution in [0.2, 0.25) is 0 Å². The summed E-state index contributed by atoms with van der Waals surface area (Å²) in [5, 5.41) is 0. The first-order valence-corrected chi connectivity index (χ1v) is 4.30. The number of ether oxygens (including phenoxy) is 1. The van der Waals surface area contributed by atoms with Crippen molar-refractivity contribution in [3.05, 3.63) is 29.3 Å². The van der Waals surface area contributed by atoms with Crippen molar-refractivity contribution in [2.24, 2.45) is 5.73 Å². The van der Waals surface area contributed by atoms with E-state index < -0.39 is 5.91 Å². The van der Waals surface area contributed by atoms with Crippen LogP contribution in [0.15, 0.2) is 18.2 Å². The standard InChI is InChI=1S/C10H9NO3/c11-10(13)7-1-3-8-6(5-7)2-4-9(12)14-8/h1,3,5H,2,4H2,(H2,11,13). The molecule has 0 saturated heterocycles. The third-order valence-corrected chi connectivity index (χ3v) is 2.17. The van der Waals surface area contributed by atoms with Crippen molar-refractivity contribution in [3.63, 3.8) is 0 Å². The number of esters is 1. The second kappa shape index (κ2) is 3.14. The number of primary amides is 1. The number of benzene rings is 1. The normalized spacial score (nSPS) is 14.4. The van der Waals surface area contributed by atoms with Crippen LogP contribution in [-0.4, -0.2) is 11.9 Å². The van der Waals surface area contributed by atoms with Crippen molar-refractivity contribution >= 4 is 11.9 Å². The van der Waals surface area contributed by atoms with Gasteiger partial charge in [0.05, 0.1) is 6.42 Å². The van der Waals surface area contributed by atoms with Crippen LogP contribution in [0.1, 0.15) is 22.3 Å². The second-order valence-electron chi connectivity index (χ2n) is 3.16. The number of hydrogen-bond acceptors (Lipinski definition) is 3. The predicted molar refractivity (Wildman–Crippen MR) is 48.9 cm³/mol. The summed E-state index contributed by atoms with van der Waals surface area (Å²) >= 11 is 0. The summed E-state index contributed by atoms with van der Waals surface area (Å²) in [7, 11) is 0. The Kier molecular flexibility index (Phi) is 1.96. The fourth-order valence-corrected chi connectivity index (χ4v) is 1.44. The number of nitrogens with two attached hydrogens (primary N) is 1. The van der Waals surface area contributed by atoms with E-state index in [2.05, 4.69) is 0 Å². The molecule has 0 bridgehead atoms. The zero-order chi connectivity index (χ0) is 10.1. The number of carbonyl (C=O) groups excluding carboxylic acids is 2. The van der Waals surface area contributed by atoms with Crippen LogP contribution in [0, 0.1) is 0 Å². The Morgan fingerprint density at radius 1 is 1.36 bits per heavy atom. The van der Waals surface area contributed by atoms with E-state index >= 15 is 0 Å². The van der Waals surface area contributed by atoms with Crippen molar-refractivity contribution in [2.75, 3.05) is 0 Å². The van der Waals surface area contributed by atoms with E-state index in [-0.39, 0.29) is 5.97 Å². The summed E-state index contributed by atoms with van der Waals surface area (Å²) in [6, 6.07) is 4.83. The quantitative estimate of drug-likeness (QED) is 0.523. The van der Waals surface area contributed by atoms with Gasteiger partial charge < -0.3 is 10.5 Å². The van der Waals surface area contributed by atoms with Crippen LogP contribution in [0.25, 0.3) is 0 Å². The van der Waals surface area contributed by atoms with Crippen molar-refractivity contribution in [1.82, 2.24) is 0 Å². The first kappa shape index (κ1) is 8.74. The summed E-state index contributed by atoms with van der Waals surface area (Å²) in [4.78, 5) is 21.8. The number of amides is 1. The van der Waals surface area contributed by atoms with Crippen LogP contribution >= 0.6 is 0 Å². The molecule has 14 heavy (non-hydrogen) atoms. The molecule has 0 spiro atoms. The number of aryl methyl sites for hydroxylation is 1. The predicted octanol–water partition coefficient (Wildman–Crippen LogP) is 0.637. The average molecular weight is 191 g/mol. The van der Waals surface area contributed by atoms with Gasteiger partial charge in [-0.1, -0.05) is 0 Å². The molecule has 0 unspecified atom stereocenters. The SMILES string of the molecule is NC(=O)c1ccc2c(c1)CCC(=O)O2. The van der Waals surface area contributed by atoms with Gasteiger partial charge in [0.2, 0.25) is 5.91 Å². The Morgan fingerprint density at radius 2 is 2.14 bits per heavy atom. The number of carbonyl (C=O) groups is 2. The fourth-order valence-electron chi connectivity index (χ4n) is 1.44. The van der Waals surface area contributed by atoms with Crippen LogP contribution in [0.5, 0.6) is 5.75 Å². The minimum atomic E-state index is -0.468. The summed E-state index contributed by atoms with van der Waals surface area (Å²) in [6.07, 6.45) is 0.963. The van der Waals surface area contributed by atoms with Crippen molar-refractivity contribution in [3.8, 4) is 5.75 Å². The molecule has 0 atom stereocenters. The Balaban J connectivity index is 2.41. The van der Waals surface area contributed by atoms with Gasteiger partial charge in [0, 0.05) is 5.56 Å². The van der Waals surface area contributed by atoms with Gasteiger partial charge in [0.25, 0.3) is 0 Å². The van der Waals surface area contributed by atoms with Crippen molar-refractivity contribution < 1.29 is 14.3 Å². The topological polar surface area (TPSA) is 69.4 Å². The lowest BCUT2D eigenvalue weighted by Crippen LogP contribution is -2.17. The fraction of sp³-hybridized carbons (Fsp3) is 0.200. The molecule has 1 aromatic carbocycles. The molecule has 1 aliphatic heterocycles. The maximum atomic E-state index is 10.9. The molecule has 1 amide bonds. The van der Waals surface area contributed by atoms with Crippen LogP contribution < -0.4 is 10.5 Å². The first-order valence-electron chi connectivity index (χ1n) is 4.30. The number of hydrogen-bond donors (Lipinski definition) is 1. The monoisotopic (exact) mass is 191 g/mol. The van der Waals surface area contributed by atoms with Gasteiger partial charge in [-0.2, -0.15) is 0 Å². The summed E-state index contributed by atoms with van der Waals surface area (Å²) < 4.78 is 4.98. The van der Waals surface area contributed by atoms with Crippen molar-refractivity contribution in [2.45, 2.75) is 12.8 Å². The van der Waals surface area contributed by atoms with E-state index in [0.717, 1.165) is 5.56 Å². The molecule has 1 aromatic rings. The zero-order valence-corrected chi connectivity index (χ0v) is 7.45. The molecular formula is C10H9NO3. The third kappa shape index (κ3) is 1.46. The maximum absolute atomic E-state index is 10.9. The Bertz CT molecular complexity index is 412. The van der Waals surface area contributed by atoms with Gasteiger partial charge in [-0.05, 0) is 30.2 Å². The molecule has 1 aliphatic rings. The highest BCUT2D eigenvalue weighted by molar-refractivity contribution is 5.93. The van der Waals surface area contributed by atoms with E-state index in [1.165, 1.54) is 0 Å². The van der Waals surface area contributed by atoms with Crippen LogP contribution in [-0.2, 0) is 11.2 Å². The maximum Gasteiger partial charge on any atom is 0.311 e. The lowest BCUT2D eigenvalue weighted by atomic mass is 10.0. The number of rotatable bonds is 1. The molecule has 2 rings (SSSR count). The van der Waals surface area contributed by atoms with Gasteiger partial charge in [0.15, 0.2) is 0 Å². The van der Waals surface area contributed by atoms with Gasteiger partial charge in [0.1, 0.15) is 5.75 Å². The highest BCUT2D eigenvalue weighted by Crippen LogP contribution is 2.25. The van der Waals surface area contributed by atoms with E-state index in [9.17, 15) is 9.59 Å². The smallest absolute Gasteiger partial charge is 0.311 e. The third-order valence-electron chi connectivity index (χ3n) is 2.17. The largest absolute Gasteiger partial charge is 0.426 e. The molecule has 0 aliphatic carbocycles. The summed E-state index contributed by atoms with van der Waals surface area (Å²) in [5.74, 6) is -0.166. The summed E-state index contributed by atoms with van der Waals surface area (Å²) in [6.45, 7) is 0. The van der Waals surface area contributed by atoms with Crippen LogP contribution in [0.4, 0.5) is 0 Å². The lowest BCUT2D eigenvalue weighted by Gasteiger charge is -2.15. The van der Waals surface area contributed by atoms with E-state index in [1.54, 1.807) is 18.2 Å². The lowest BCUT2D eigenvalue weighted by molar-refractivity contribution is -0.135. The molecule has 1 heterocycles. The van der Waals surface area contributed by atoms with Crippen molar-refractivity contribution in [1.29, 1.82) is 0 Å². The minimum Gasteiger partial charge on any atom is -0.426 e. The zero-order valence-electron chi connectivity index (χ0n) is 7.45. The summed E-state index contributed by atoms with van der Waals surface area (Å²) in [5.41, 5.74) is 6.44. The van der Waals surface area contributed by atoms with E-state index in [0.29, 0.717) is 24.2 Å². The molecule has 0 aromatic heterocycles. The first-order chi connectivity index (χ1) is 6.66. The van der Waals surface area contributed by atoms with E-state index in [4.69, 9.17) is 10.5 Å². The molecule has 4 heteroatoms. The molecule has 0 radical (unpaired) electrons.